The van der Waals surface area contributed by atoms with Crippen LogP contribution < -0.4 is 10.5 Å². The first-order chi connectivity index (χ1) is 13.2. The van der Waals surface area contributed by atoms with Crippen molar-refractivity contribution >= 4 is 21.6 Å². The molecule has 1 atom stereocenters. The molecule has 1 aliphatic rings. The molecule has 132 valence electrons. The Morgan fingerprint density at radius 2 is 2.11 bits per heavy atom. The van der Waals surface area contributed by atoms with Gasteiger partial charge < -0.3 is 14.9 Å². The molecule has 27 heavy (non-hydrogen) atoms. The van der Waals surface area contributed by atoms with Crippen molar-refractivity contribution < 1.29 is 9.15 Å². The molecule has 1 aromatic carbocycles. The number of fused-ring (bicyclic) bond motifs is 2. The second-order valence-corrected chi connectivity index (χ2v) is 7.21. The number of thiazole rings is 1. The van der Waals surface area contributed by atoms with E-state index in [-0.39, 0.29) is 5.88 Å². The average Bonchev–Trinajstić information content (AvgIpc) is 3.38. The first kappa shape index (κ1) is 15.7. The third-order valence-corrected chi connectivity index (χ3v) is 5.60. The number of ether oxygens (including phenoxy) is 1. The monoisotopic (exact) mass is 375 g/mol. The molecule has 1 unspecified atom stereocenters. The Kier molecular flexibility index (Phi) is 3.32. The normalized spacial score (nSPS) is 16.2. The van der Waals surface area contributed by atoms with Gasteiger partial charge in [-0.05, 0) is 31.2 Å². The standard InChI is InChI=1S/C19H13N5O2S/c1-9-15-16(10(8-20)17(21)26-18(15)24-23-9)12-6-7-13(25-12)19-22-11-4-2-3-5-14(11)27-19/h2-7,16H,21H2,1H3,(H,23,24). The lowest BCUT2D eigenvalue weighted by atomic mass is 9.88. The zero-order valence-corrected chi connectivity index (χ0v) is 15.0. The predicted molar refractivity (Wildman–Crippen MR) is 99.9 cm³/mol. The summed E-state index contributed by atoms with van der Waals surface area (Å²) in [4.78, 5) is 4.63. The van der Waals surface area contributed by atoms with Crippen molar-refractivity contribution in [1.29, 1.82) is 5.26 Å². The van der Waals surface area contributed by atoms with Crippen LogP contribution in [0, 0.1) is 18.3 Å². The number of benzene rings is 1. The van der Waals surface area contributed by atoms with Crippen LogP contribution >= 0.6 is 11.3 Å². The van der Waals surface area contributed by atoms with Gasteiger partial charge in [0.25, 0.3) is 0 Å². The van der Waals surface area contributed by atoms with Gasteiger partial charge in [-0.25, -0.2) is 4.98 Å². The van der Waals surface area contributed by atoms with E-state index in [0.717, 1.165) is 26.5 Å². The fourth-order valence-electron chi connectivity index (χ4n) is 3.28. The molecule has 1 aliphatic heterocycles. The molecule has 0 fully saturated rings. The molecule has 0 spiro atoms. The van der Waals surface area contributed by atoms with Crippen molar-refractivity contribution in [2.24, 2.45) is 5.73 Å². The van der Waals surface area contributed by atoms with E-state index in [2.05, 4.69) is 21.3 Å². The average molecular weight is 375 g/mol. The van der Waals surface area contributed by atoms with E-state index in [0.29, 0.717) is 23.0 Å². The zero-order chi connectivity index (χ0) is 18.5. The fourth-order valence-corrected chi connectivity index (χ4v) is 4.21. The Labute approximate surface area is 157 Å². The van der Waals surface area contributed by atoms with E-state index >= 15 is 0 Å². The summed E-state index contributed by atoms with van der Waals surface area (Å²) in [5, 5.41) is 17.4. The van der Waals surface area contributed by atoms with E-state index in [4.69, 9.17) is 14.9 Å². The third kappa shape index (κ3) is 2.33. The number of furan rings is 1. The molecule has 7 nitrogen and oxygen atoms in total. The van der Waals surface area contributed by atoms with Crippen molar-refractivity contribution in [3.05, 3.63) is 64.9 Å². The molecule has 3 N–H and O–H groups in total. The van der Waals surface area contributed by atoms with Gasteiger partial charge >= 0.3 is 0 Å². The number of nitrogens with zero attached hydrogens (tertiary/aromatic N) is 3. The molecular weight excluding hydrogens is 362 g/mol. The van der Waals surface area contributed by atoms with E-state index in [1.807, 2.05) is 43.3 Å². The van der Waals surface area contributed by atoms with Crippen LogP contribution in [-0.2, 0) is 0 Å². The minimum absolute atomic E-state index is 0.0411. The Bertz CT molecular complexity index is 1220. The van der Waals surface area contributed by atoms with Gasteiger partial charge in [0.2, 0.25) is 11.8 Å². The molecule has 0 bridgehead atoms. The molecule has 8 heteroatoms. The van der Waals surface area contributed by atoms with E-state index < -0.39 is 5.92 Å². The van der Waals surface area contributed by atoms with Crippen LogP contribution in [0.1, 0.15) is 22.9 Å². The fraction of sp³-hybridized carbons (Fsp3) is 0.105. The van der Waals surface area contributed by atoms with Crippen LogP contribution in [0.15, 0.2) is 52.3 Å². The number of rotatable bonds is 2. The number of hydrogen-bond acceptors (Lipinski definition) is 7. The maximum absolute atomic E-state index is 9.62. The first-order valence-electron chi connectivity index (χ1n) is 8.24. The van der Waals surface area contributed by atoms with Gasteiger partial charge in [0.05, 0.1) is 21.7 Å². The first-order valence-corrected chi connectivity index (χ1v) is 9.05. The van der Waals surface area contributed by atoms with Gasteiger partial charge in [-0.1, -0.05) is 12.1 Å². The lowest BCUT2D eigenvalue weighted by molar-refractivity contribution is 0.371. The Balaban J connectivity index is 1.63. The Hall–Kier alpha value is -3.57. The maximum Gasteiger partial charge on any atom is 0.244 e. The number of nitrogens with two attached hydrogens (primary N) is 1. The highest BCUT2D eigenvalue weighted by Gasteiger charge is 2.36. The highest BCUT2D eigenvalue weighted by Crippen LogP contribution is 2.44. The van der Waals surface area contributed by atoms with Gasteiger partial charge in [0, 0.05) is 5.69 Å². The topological polar surface area (TPSA) is 114 Å². The van der Waals surface area contributed by atoms with E-state index in [1.54, 1.807) is 11.3 Å². The van der Waals surface area contributed by atoms with Crippen molar-refractivity contribution in [2.45, 2.75) is 12.8 Å². The summed E-state index contributed by atoms with van der Waals surface area (Å²) in [5.74, 6) is 1.18. The molecule has 4 heterocycles. The Morgan fingerprint density at radius 3 is 2.93 bits per heavy atom. The summed E-state index contributed by atoms with van der Waals surface area (Å²) in [6.45, 7) is 1.87. The second-order valence-electron chi connectivity index (χ2n) is 6.18. The number of para-hydroxylation sites is 1. The summed E-state index contributed by atoms with van der Waals surface area (Å²) in [6.07, 6.45) is 0. The minimum atomic E-state index is -0.472. The van der Waals surface area contributed by atoms with Crippen LogP contribution in [0.5, 0.6) is 5.88 Å². The van der Waals surface area contributed by atoms with Crippen molar-refractivity contribution in [2.75, 3.05) is 0 Å². The summed E-state index contributed by atoms with van der Waals surface area (Å²) in [6, 6.07) is 13.8. The molecule has 5 rings (SSSR count). The maximum atomic E-state index is 9.62. The number of hydrogen-bond donors (Lipinski definition) is 2. The lowest BCUT2D eigenvalue weighted by Gasteiger charge is -2.21. The number of aromatic nitrogens is 3. The smallest absolute Gasteiger partial charge is 0.244 e. The van der Waals surface area contributed by atoms with Crippen LogP contribution in [0.25, 0.3) is 21.0 Å². The highest BCUT2D eigenvalue weighted by atomic mass is 32.1. The van der Waals surface area contributed by atoms with Crippen LogP contribution in [-0.4, -0.2) is 15.2 Å². The number of H-pyrrole nitrogens is 1. The van der Waals surface area contributed by atoms with Gasteiger partial charge in [0.15, 0.2) is 10.8 Å². The lowest BCUT2D eigenvalue weighted by Crippen LogP contribution is -2.20. The number of nitrogens with one attached hydrogen (secondary N) is 1. The molecule has 0 saturated carbocycles. The number of allylic oxidation sites excluding steroid dienone is 1. The summed E-state index contributed by atoms with van der Waals surface area (Å²) in [7, 11) is 0. The van der Waals surface area contributed by atoms with Gasteiger partial charge in [0.1, 0.15) is 17.4 Å². The Morgan fingerprint density at radius 1 is 1.26 bits per heavy atom. The zero-order valence-electron chi connectivity index (χ0n) is 14.2. The van der Waals surface area contributed by atoms with Crippen molar-refractivity contribution in [3.63, 3.8) is 0 Å². The second kappa shape index (κ2) is 5.72. The van der Waals surface area contributed by atoms with Crippen molar-refractivity contribution in [1.82, 2.24) is 15.2 Å². The molecule has 4 aromatic rings. The third-order valence-electron chi connectivity index (χ3n) is 4.55. The van der Waals surface area contributed by atoms with Crippen LogP contribution in [0.2, 0.25) is 0 Å². The largest absolute Gasteiger partial charge is 0.458 e. The number of aromatic amines is 1. The summed E-state index contributed by atoms with van der Waals surface area (Å²) in [5.41, 5.74) is 8.72. The van der Waals surface area contributed by atoms with Crippen LogP contribution in [0.4, 0.5) is 0 Å². The molecule has 3 aromatic heterocycles. The van der Waals surface area contributed by atoms with E-state index in [9.17, 15) is 5.26 Å². The molecular formula is C19H13N5O2S. The number of aryl methyl sites for hydroxylation is 1. The molecule has 0 aliphatic carbocycles. The quantitative estimate of drug-likeness (QED) is 0.551. The highest BCUT2D eigenvalue weighted by molar-refractivity contribution is 7.21. The summed E-state index contributed by atoms with van der Waals surface area (Å²) >= 11 is 1.56. The van der Waals surface area contributed by atoms with Crippen molar-refractivity contribution in [3.8, 4) is 22.7 Å². The predicted octanol–water partition coefficient (Wildman–Crippen LogP) is 3.81. The minimum Gasteiger partial charge on any atom is -0.458 e. The van der Waals surface area contributed by atoms with Crippen LogP contribution in [0.3, 0.4) is 0 Å². The molecule has 0 saturated heterocycles. The SMILES string of the molecule is Cc1[nH]nc2c1C(c1ccc(-c3nc4ccccc4s3)o1)C(C#N)=C(N)O2. The van der Waals surface area contributed by atoms with Gasteiger partial charge in [-0.2, -0.15) is 5.26 Å². The van der Waals surface area contributed by atoms with Gasteiger partial charge in [-0.15, -0.1) is 16.4 Å². The van der Waals surface area contributed by atoms with Gasteiger partial charge in [-0.3, -0.25) is 5.10 Å². The molecule has 0 radical (unpaired) electrons. The van der Waals surface area contributed by atoms with E-state index in [1.165, 1.54) is 0 Å². The summed E-state index contributed by atoms with van der Waals surface area (Å²) < 4.78 is 12.7. The molecule has 0 amide bonds. The number of nitriles is 1.